The predicted octanol–water partition coefficient (Wildman–Crippen LogP) is 1.91. The van der Waals surface area contributed by atoms with Crippen LogP contribution in [0.4, 0.5) is 0 Å². The van der Waals surface area contributed by atoms with Crippen LogP contribution in [0, 0.1) is 0 Å². The first-order valence-corrected chi connectivity index (χ1v) is 8.47. The number of thiazole rings is 1. The third-order valence-electron chi connectivity index (χ3n) is 3.51. The molecule has 0 bridgehead atoms. The highest BCUT2D eigenvalue weighted by atomic mass is 32.1. The van der Waals surface area contributed by atoms with Gasteiger partial charge >= 0.3 is 0 Å². The smallest absolute Gasteiger partial charge is 0.276 e. The van der Waals surface area contributed by atoms with Crippen LogP contribution in [0.5, 0.6) is 5.88 Å². The molecule has 0 fully saturated rings. The molecule has 2 aromatic heterocycles. The number of carbonyl (C=O) groups excluding carboxylic acids is 1. The van der Waals surface area contributed by atoms with Crippen molar-refractivity contribution in [1.82, 2.24) is 15.0 Å². The average Bonchev–Trinajstić information content (AvgIpc) is 2.96. The van der Waals surface area contributed by atoms with Crippen LogP contribution < -0.4 is 15.0 Å². The fourth-order valence-corrected chi connectivity index (χ4v) is 3.23. The maximum absolute atomic E-state index is 12.4. The zero-order valence-electron chi connectivity index (χ0n) is 13.9. The van der Waals surface area contributed by atoms with E-state index >= 15 is 0 Å². The van der Waals surface area contributed by atoms with Crippen molar-refractivity contribution in [3.63, 3.8) is 0 Å². The summed E-state index contributed by atoms with van der Waals surface area (Å²) in [7, 11) is 3.49. The topological polar surface area (TPSA) is 77.7 Å². The summed E-state index contributed by atoms with van der Waals surface area (Å²) in [4.78, 5) is 17.2. The predicted molar refractivity (Wildman–Crippen MR) is 95.4 cm³/mol. The largest absolute Gasteiger partial charge is 0.475 e. The van der Waals surface area contributed by atoms with Crippen molar-refractivity contribution in [3.05, 3.63) is 53.0 Å². The number of aryl methyl sites for hydroxylation is 1. The van der Waals surface area contributed by atoms with Crippen molar-refractivity contribution in [2.75, 3.05) is 20.3 Å². The highest BCUT2D eigenvalue weighted by Gasteiger charge is 2.13. The van der Waals surface area contributed by atoms with E-state index < -0.39 is 0 Å². The molecule has 2 heterocycles. The molecule has 0 unspecified atom stereocenters. The summed E-state index contributed by atoms with van der Waals surface area (Å²) in [6, 6.07) is 11.3. The number of nitrogens with zero attached hydrogens (tertiary/aromatic N) is 3. The number of nitrogens with one attached hydrogen (secondary N) is 1. The van der Waals surface area contributed by atoms with Gasteiger partial charge in [0.2, 0.25) is 10.7 Å². The van der Waals surface area contributed by atoms with Crippen LogP contribution in [0.3, 0.4) is 0 Å². The molecule has 0 saturated heterocycles. The first-order chi connectivity index (χ1) is 12.2. The van der Waals surface area contributed by atoms with E-state index in [0.717, 1.165) is 10.2 Å². The lowest BCUT2D eigenvalue weighted by Crippen LogP contribution is -2.24. The molecule has 8 heteroatoms. The zero-order valence-corrected chi connectivity index (χ0v) is 14.7. The number of aromatic nitrogens is 2. The normalized spacial score (nSPS) is 11.7. The Balaban J connectivity index is 1.81. The van der Waals surface area contributed by atoms with Crippen LogP contribution >= 0.6 is 11.3 Å². The van der Waals surface area contributed by atoms with E-state index in [0.29, 0.717) is 23.6 Å². The van der Waals surface area contributed by atoms with Crippen molar-refractivity contribution in [1.29, 1.82) is 0 Å². The van der Waals surface area contributed by atoms with Gasteiger partial charge in [0.1, 0.15) is 12.2 Å². The molecule has 0 radical (unpaired) electrons. The number of hydrogen-bond acceptors (Lipinski definition) is 6. The highest BCUT2D eigenvalue weighted by Crippen LogP contribution is 2.16. The van der Waals surface area contributed by atoms with Crippen LogP contribution in [0.2, 0.25) is 0 Å². The van der Waals surface area contributed by atoms with Crippen LogP contribution in [0.15, 0.2) is 47.7 Å². The van der Waals surface area contributed by atoms with Crippen LogP contribution in [0.25, 0.3) is 10.2 Å². The molecule has 25 heavy (non-hydrogen) atoms. The van der Waals surface area contributed by atoms with Gasteiger partial charge in [-0.05, 0) is 24.3 Å². The number of benzene rings is 1. The zero-order chi connectivity index (χ0) is 17.6. The minimum Gasteiger partial charge on any atom is -0.475 e. The molecule has 0 aliphatic rings. The van der Waals surface area contributed by atoms with Gasteiger partial charge in [-0.15, -0.1) is 5.10 Å². The Bertz CT molecular complexity index is 948. The number of amides is 1. The third kappa shape index (κ3) is 3.86. The summed E-state index contributed by atoms with van der Waals surface area (Å²) >= 11 is 1.50. The Kier molecular flexibility index (Phi) is 5.42. The lowest BCUT2D eigenvalue weighted by atomic mass is 10.2. The van der Waals surface area contributed by atoms with Gasteiger partial charge in [0.15, 0.2) is 0 Å². The molecule has 1 aromatic carbocycles. The van der Waals surface area contributed by atoms with Gasteiger partial charge in [-0.3, -0.25) is 4.79 Å². The molecular formula is C17H18N4O3S. The van der Waals surface area contributed by atoms with Crippen molar-refractivity contribution >= 4 is 27.5 Å². The molecule has 0 aliphatic carbocycles. The number of hydrogen-bond donors (Lipinski definition) is 1. The molecule has 1 N–H and O–H groups in total. The Morgan fingerprint density at radius 2 is 2.12 bits per heavy atom. The van der Waals surface area contributed by atoms with E-state index in [1.807, 2.05) is 35.9 Å². The van der Waals surface area contributed by atoms with Gasteiger partial charge in [-0.25, -0.2) is 10.4 Å². The number of fused-ring (bicyclic) bond motifs is 1. The average molecular weight is 358 g/mol. The maximum Gasteiger partial charge on any atom is 0.276 e. The highest BCUT2D eigenvalue weighted by molar-refractivity contribution is 7.16. The van der Waals surface area contributed by atoms with E-state index in [2.05, 4.69) is 15.5 Å². The molecule has 3 rings (SSSR count). The number of ether oxygens (including phenoxy) is 2. The van der Waals surface area contributed by atoms with Crippen LogP contribution in [0.1, 0.15) is 10.4 Å². The molecule has 3 aromatic rings. The molecule has 130 valence electrons. The van der Waals surface area contributed by atoms with Crippen molar-refractivity contribution < 1.29 is 14.3 Å². The maximum atomic E-state index is 12.4. The first kappa shape index (κ1) is 17.1. The first-order valence-electron chi connectivity index (χ1n) is 7.66. The summed E-state index contributed by atoms with van der Waals surface area (Å²) in [5.74, 6) is -0.120. The quantitative estimate of drug-likeness (QED) is 0.539. The molecule has 7 nitrogen and oxygen atoms in total. The van der Waals surface area contributed by atoms with Crippen LogP contribution in [-0.4, -0.2) is 35.8 Å². The van der Waals surface area contributed by atoms with E-state index in [1.165, 1.54) is 11.3 Å². The van der Waals surface area contributed by atoms with E-state index in [1.54, 1.807) is 25.4 Å². The number of rotatable bonds is 6. The van der Waals surface area contributed by atoms with Gasteiger partial charge in [0, 0.05) is 20.4 Å². The monoisotopic (exact) mass is 358 g/mol. The minimum atomic E-state index is -0.377. The Hall–Kier alpha value is -2.71. The van der Waals surface area contributed by atoms with Crippen molar-refractivity contribution in [2.24, 2.45) is 12.1 Å². The van der Waals surface area contributed by atoms with E-state index in [9.17, 15) is 4.79 Å². The second kappa shape index (κ2) is 7.91. The minimum absolute atomic E-state index is 0.257. The SMILES string of the molecule is COCCOc1ncccc1C(=O)NN=c1sc2ccccc2n1C. The molecule has 0 aliphatic heterocycles. The van der Waals surface area contributed by atoms with E-state index in [-0.39, 0.29) is 11.8 Å². The number of pyridine rings is 1. The number of methoxy groups -OCH3 is 1. The van der Waals surface area contributed by atoms with Crippen molar-refractivity contribution in [2.45, 2.75) is 0 Å². The van der Waals surface area contributed by atoms with E-state index in [4.69, 9.17) is 9.47 Å². The van der Waals surface area contributed by atoms with Crippen LogP contribution in [-0.2, 0) is 11.8 Å². The molecule has 0 spiro atoms. The fourth-order valence-electron chi connectivity index (χ4n) is 2.25. The Morgan fingerprint density at radius 1 is 1.28 bits per heavy atom. The summed E-state index contributed by atoms with van der Waals surface area (Å²) < 4.78 is 13.4. The number of para-hydroxylation sites is 1. The second-order valence-electron chi connectivity index (χ2n) is 5.16. The molecule has 1 amide bonds. The van der Waals surface area contributed by atoms with Gasteiger partial charge in [-0.1, -0.05) is 23.5 Å². The third-order valence-corrected chi connectivity index (χ3v) is 4.62. The summed E-state index contributed by atoms with van der Waals surface area (Å²) in [5.41, 5.74) is 3.96. The summed E-state index contributed by atoms with van der Waals surface area (Å²) in [5, 5.41) is 4.23. The van der Waals surface area contributed by atoms with Gasteiger partial charge in [0.05, 0.1) is 16.8 Å². The second-order valence-corrected chi connectivity index (χ2v) is 6.17. The lowest BCUT2D eigenvalue weighted by Gasteiger charge is -2.08. The fraction of sp³-hybridized carbons (Fsp3) is 0.235. The molecule has 0 atom stereocenters. The Labute approximate surface area is 148 Å². The van der Waals surface area contributed by atoms with Gasteiger partial charge < -0.3 is 14.0 Å². The van der Waals surface area contributed by atoms with Crippen molar-refractivity contribution in [3.8, 4) is 5.88 Å². The molecule has 0 saturated carbocycles. The Morgan fingerprint density at radius 3 is 2.92 bits per heavy atom. The summed E-state index contributed by atoms with van der Waals surface area (Å²) in [6.45, 7) is 0.732. The number of carbonyl (C=O) groups is 1. The van der Waals surface area contributed by atoms with Gasteiger partial charge in [0.25, 0.3) is 5.91 Å². The van der Waals surface area contributed by atoms with Gasteiger partial charge in [-0.2, -0.15) is 0 Å². The lowest BCUT2D eigenvalue weighted by molar-refractivity contribution is 0.0943. The molecular weight excluding hydrogens is 340 g/mol. The standard InChI is InChI=1S/C17H18N4O3S/c1-21-13-7-3-4-8-14(13)25-17(21)20-19-15(22)12-6-5-9-18-16(12)24-11-10-23-2/h3-9H,10-11H2,1-2H3,(H,19,22). The summed E-state index contributed by atoms with van der Waals surface area (Å²) in [6.07, 6.45) is 1.57.